The summed E-state index contributed by atoms with van der Waals surface area (Å²) in [5, 5.41) is 10.6. The van der Waals surface area contributed by atoms with Crippen molar-refractivity contribution in [3.63, 3.8) is 0 Å². The fraction of sp³-hybridized carbons (Fsp3) is 0.667. The minimum absolute atomic E-state index is 0.0263. The monoisotopic (exact) mass is 315 g/mol. The minimum atomic E-state index is -2.75. The van der Waals surface area contributed by atoms with E-state index in [1.165, 1.54) is 17.0 Å². The van der Waals surface area contributed by atoms with Crippen LogP contribution in [0.4, 0.5) is 8.78 Å². The molecule has 22 heavy (non-hydrogen) atoms. The second-order valence-electron chi connectivity index (χ2n) is 6.30. The molecule has 1 saturated heterocycles. The zero-order valence-corrected chi connectivity index (χ0v) is 13.2. The summed E-state index contributed by atoms with van der Waals surface area (Å²) in [6, 6.07) is 2.93. The fourth-order valence-electron chi connectivity index (χ4n) is 3.15. The van der Waals surface area contributed by atoms with Crippen LogP contribution in [0.1, 0.15) is 35.6 Å². The maximum atomic E-state index is 13.1. The lowest BCUT2D eigenvalue weighted by Crippen LogP contribution is -2.54. The van der Waals surface area contributed by atoms with Gasteiger partial charge < -0.3 is 14.9 Å². The number of β-amino-alcohol motifs (C(OH)–C–C–N with tert-alkyl or cyclic N) is 1. The molecule has 1 fully saturated rings. The SMILES string of the molecule is Cc1ccc(C(=O)N2CCCC(O)(CN(C)C)C2)n1C(F)F. The summed E-state index contributed by atoms with van der Waals surface area (Å²) in [4.78, 5) is 15.9. The van der Waals surface area contributed by atoms with E-state index in [-0.39, 0.29) is 12.2 Å². The number of aromatic nitrogens is 1. The molecule has 2 rings (SSSR count). The molecule has 0 spiro atoms. The normalized spacial score (nSPS) is 22.6. The predicted octanol–water partition coefficient (Wildman–Crippen LogP) is 1.72. The Morgan fingerprint density at radius 1 is 1.45 bits per heavy atom. The van der Waals surface area contributed by atoms with Crippen LogP contribution >= 0.6 is 0 Å². The Hall–Kier alpha value is -1.47. The van der Waals surface area contributed by atoms with E-state index >= 15 is 0 Å². The number of hydrogen-bond acceptors (Lipinski definition) is 3. The molecule has 7 heteroatoms. The second-order valence-corrected chi connectivity index (χ2v) is 6.30. The van der Waals surface area contributed by atoms with Crippen molar-refractivity contribution in [2.45, 2.75) is 31.9 Å². The number of likely N-dealkylation sites (N-methyl/N-ethyl adjacent to an activating group) is 1. The van der Waals surface area contributed by atoms with Crippen molar-refractivity contribution in [1.29, 1.82) is 0 Å². The van der Waals surface area contributed by atoms with Crippen molar-refractivity contribution in [2.24, 2.45) is 0 Å². The average molecular weight is 315 g/mol. The van der Waals surface area contributed by atoms with Crippen LogP contribution < -0.4 is 0 Å². The van der Waals surface area contributed by atoms with Gasteiger partial charge in [-0.05, 0) is 46.0 Å². The van der Waals surface area contributed by atoms with Gasteiger partial charge in [-0.25, -0.2) is 0 Å². The van der Waals surface area contributed by atoms with Gasteiger partial charge in [-0.3, -0.25) is 9.36 Å². The predicted molar refractivity (Wildman–Crippen MR) is 79.1 cm³/mol. The highest BCUT2D eigenvalue weighted by atomic mass is 19.3. The molecule has 1 atom stereocenters. The van der Waals surface area contributed by atoms with Crippen LogP contribution in [0.25, 0.3) is 0 Å². The van der Waals surface area contributed by atoms with Gasteiger partial charge in [0, 0.05) is 18.8 Å². The summed E-state index contributed by atoms with van der Waals surface area (Å²) in [5.41, 5.74) is -0.671. The Labute approximate surface area is 129 Å². The summed E-state index contributed by atoms with van der Waals surface area (Å²) in [6.45, 7) is -0.133. The quantitative estimate of drug-likeness (QED) is 0.920. The van der Waals surface area contributed by atoms with Crippen LogP contribution in [0.2, 0.25) is 0 Å². The number of aryl methyl sites for hydroxylation is 1. The first kappa shape index (κ1) is 16.9. The van der Waals surface area contributed by atoms with Gasteiger partial charge in [0.05, 0.1) is 12.1 Å². The van der Waals surface area contributed by atoms with Crippen molar-refractivity contribution >= 4 is 5.91 Å². The highest BCUT2D eigenvalue weighted by molar-refractivity contribution is 5.93. The number of halogens is 2. The van der Waals surface area contributed by atoms with E-state index in [2.05, 4.69) is 0 Å². The zero-order chi connectivity index (χ0) is 16.5. The first-order valence-electron chi connectivity index (χ1n) is 7.36. The average Bonchev–Trinajstić information content (AvgIpc) is 2.78. The molecule has 5 nitrogen and oxygen atoms in total. The number of nitrogens with zero attached hydrogens (tertiary/aromatic N) is 3. The molecule has 124 valence electrons. The van der Waals surface area contributed by atoms with Crippen molar-refractivity contribution in [3.05, 3.63) is 23.5 Å². The van der Waals surface area contributed by atoms with Crippen LogP contribution in [-0.4, -0.2) is 64.7 Å². The summed E-state index contributed by atoms with van der Waals surface area (Å²) >= 11 is 0. The molecular formula is C15H23F2N3O2. The van der Waals surface area contributed by atoms with Gasteiger partial charge in [0.2, 0.25) is 0 Å². The van der Waals surface area contributed by atoms with E-state index in [4.69, 9.17) is 0 Å². The molecule has 1 aliphatic rings. The summed E-state index contributed by atoms with van der Waals surface area (Å²) in [7, 11) is 3.70. The third kappa shape index (κ3) is 3.47. The zero-order valence-electron chi connectivity index (χ0n) is 13.2. The van der Waals surface area contributed by atoms with E-state index in [0.717, 1.165) is 4.57 Å². The second kappa shape index (κ2) is 6.34. The van der Waals surface area contributed by atoms with Crippen LogP contribution in [-0.2, 0) is 0 Å². The Kier molecular flexibility index (Phi) is 4.87. The lowest BCUT2D eigenvalue weighted by Gasteiger charge is -2.40. The number of piperidine rings is 1. The van der Waals surface area contributed by atoms with Gasteiger partial charge in [0.1, 0.15) is 5.69 Å². The Balaban J connectivity index is 2.19. The largest absolute Gasteiger partial charge is 0.387 e. The van der Waals surface area contributed by atoms with E-state index < -0.39 is 18.1 Å². The van der Waals surface area contributed by atoms with E-state index in [0.29, 0.717) is 31.6 Å². The summed E-state index contributed by atoms with van der Waals surface area (Å²) in [6.07, 6.45) is 1.26. The molecule has 1 aromatic heterocycles. The first-order chi connectivity index (χ1) is 10.2. The molecule has 0 saturated carbocycles. The molecule has 0 aliphatic carbocycles. The van der Waals surface area contributed by atoms with Crippen LogP contribution in [0.5, 0.6) is 0 Å². The molecule has 1 aromatic rings. The van der Waals surface area contributed by atoms with Gasteiger partial charge in [-0.2, -0.15) is 8.78 Å². The highest BCUT2D eigenvalue weighted by Crippen LogP contribution is 2.25. The molecule has 0 radical (unpaired) electrons. The number of aliphatic hydroxyl groups is 1. The number of amides is 1. The molecule has 1 amide bonds. The van der Waals surface area contributed by atoms with Crippen LogP contribution in [0.15, 0.2) is 12.1 Å². The lowest BCUT2D eigenvalue weighted by atomic mass is 9.92. The van der Waals surface area contributed by atoms with Crippen molar-refractivity contribution < 1.29 is 18.7 Å². The van der Waals surface area contributed by atoms with Gasteiger partial charge in [0.25, 0.3) is 5.91 Å². The van der Waals surface area contributed by atoms with Gasteiger partial charge in [-0.1, -0.05) is 0 Å². The van der Waals surface area contributed by atoms with Crippen LogP contribution in [0.3, 0.4) is 0 Å². The summed E-state index contributed by atoms with van der Waals surface area (Å²) in [5.74, 6) is -0.453. The Morgan fingerprint density at radius 2 is 2.14 bits per heavy atom. The number of alkyl halides is 2. The van der Waals surface area contributed by atoms with Gasteiger partial charge in [0.15, 0.2) is 0 Å². The smallest absolute Gasteiger partial charge is 0.319 e. The fourth-order valence-corrected chi connectivity index (χ4v) is 3.15. The number of carbonyl (C=O) groups is 1. The topological polar surface area (TPSA) is 48.7 Å². The third-order valence-corrected chi connectivity index (χ3v) is 3.99. The molecular weight excluding hydrogens is 292 g/mol. The molecule has 1 unspecified atom stereocenters. The number of hydrogen-bond donors (Lipinski definition) is 1. The number of likely N-dealkylation sites (tertiary alicyclic amines) is 1. The Morgan fingerprint density at radius 3 is 2.73 bits per heavy atom. The molecule has 2 heterocycles. The number of carbonyl (C=O) groups excluding carboxylic acids is 1. The van der Waals surface area contributed by atoms with E-state index in [9.17, 15) is 18.7 Å². The minimum Gasteiger partial charge on any atom is -0.387 e. The standard InChI is InChI=1S/C15H23F2N3O2/c1-11-5-6-12(20(11)14(16)17)13(21)19-8-4-7-15(22,10-19)9-18(2)3/h5-6,14,22H,4,7-10H2,1-3H3. The number of rotatable bonds is 4. The summed E-state index contributed by atoms with van der Waals surface area (Å²) < 4.78 is 27.0. The van der Waals surface area contributed by atoms with Gasteiger partial charge >= 0.3 is 6.55 Å². The molecule has 1 aliphatic heterocycles. The van der Waals surface area contributed by atoms with E-state index in [1.54, 1.807) is 6.92 Å². The van der Waals surface area contributed by atoms with Crippen LogP contribution in [0, 0.1) is 6.92 Å². The maximum absolute atomic E-state index is 13.1. The maximum Gasteiger partial charge on any atom is 0.319 e. The van der Waals surface area contributed by atoms with E-state index in [1.807, 2.05) is 19.0 Å². The highest BCUT2D eigenvalue weighted by Gasteiger charge is 2.36. The van der Waals surface area contributed by atoms with Gasteiger partial charge in [-0.15, -0.1) is 0 Å². The molecule has 0 bridgehead atoms. The molecule has 1 N–H and O–H groups in total. The first-order valence-corrected chi connectivity index (χ1v) is 7.36. The van der Waals surface area contributed by atoms with Crippen molar-refractivity contribution in [1.82, 2.24) is 14.4 Å². The third-order valence-electron chi connectivity index (χ3n) is 3.99. The van der Waals surface area contributed by atoms with Crippen molar-refractivity contribution in [3.8, 4) is 0 Å². The lowest BCUT2D eigenvalue weighted by molar-refractivity contribution is -0.0397. The Bertz CT molecular complexity index is 545. The van der Waals surface area contributed by atoms with Crippen molar-refractivity contribution in [2.75, 3.05) is 33.7 Å². The molecule has 0 aromatic carbocycles.